The molecule has 2 aromatic rings. The number of phenols is 1. The van der Waals surface area contributed by atoms with Gasteiger partial charge in [-0.15, -0.1) is 0 Å². The van der Waals surface area contributed by atoms with Gasteiger partial charge in [0.15, 0.2) is 11.4 Å². The minimum absolute atomic E-state index is 0.0162. The van der Waals surface area contributed by atoms with Crippen molar-refractivity contribution in [2.24, 2.45) is 23.5 Å². The first kappa shape index (κ1) is 31.1. The van der Waals surface area contributed by atoms with Crippen molar-refractivity contribution < 1.29 is 43.9 Å². The molecule has 0 aliphatic heterocycles. The number of benzene rings is 1. The van der Waals surface area contributed by atoms with Gasteiger partial charge in [0, 0.05) is 29.3 Å². The van der Waals surface area contributed by atoms with E-state index in [1.165, 1.54) is 12.0 Å². The summed E-state index contributed by atoms with van der Waals surface area (Å²) in [7, 11) is 4.58. The molecule has 5 atom stereocenters. The molecule has 6 N–H and O–H groups in total. The summed E-state index contributed by atoms with van der Waals surface area (Å²) >= 11 is 0. The molecule has 0 radical (unpaired) electrons. The number of nitrogens with two attached hydrogens (primary N) is 1. The number of halogens is 1. The number of phenolic OH excluding ortho intramolecular Hbond substituents is 1. The van der Waals surface area contributed by atoms with E-state index in [9.17, 15) is 39.2 Å². The zero-order valence-corrected chi connectivity index (χ0v) is 24.9. The number of hydrogen-bond donors (Lipinski definition) is 5. The van der Waals surface area contributed by atoms with Gasteiger partial charge in [0.05, 0.1) is 25.4 Å². The Kier molecular flexibility index (Phi) is 8.02. The molecule has 1 saturated carbocycles. The predicted octanol–water partition coefficient (Wildman–Crippen LogP) is 2.57. The topological polar surface area (TPSA) is 184 Å². The van der Waals surface area contributed by atoms with E-state index in [4.69, 9.17) is 10.5 Å². The number of primary amides is 1. The maximum absolute atomic E-state index is 14.2. The minimum atomic E-state index is -2.73. The number of methoxy groups -OCH3 is 1. The van der Waals surface area contributed by atoms with Crippen molar-refractivity contribution in [1.29, 1.82) is 0 Å². The van der Waals surface area contributed by atoms with Crippen molar-refractivity contribution in [2.45, 2.75) is 44.2 Å². The lowest BCUT2D eigenvalue weighted by Crippen LogP contribution is -2.65. The largest absolute Gasteiger partial charge is 0.508 e. The van der Waals surface area contributed by atoms with E-state index in [-0.39, 0.29) is 42.1 Å². The van der Waals surface area contributed by atoms with Crippen LogP contribution in [0, 0.1) is 17.8 Å². The number of nitrogens with zero attached hydrogens (tertiary/aromatic N) is 2. The Morgan fingerprint density at radius 3 is 2.52 bits per heavy atom. The number of aliphatic hydroxyl groups is 3. The number of likely N-dealkylation sites (N-methyl/N-ethyl adjacent to an activating group) is 1. The van der Waals surface area contributed by atoms with Crippen LogP contribution >= 0.6 is 0 Å². The fraction of sp³-hybridized carbons (Fsp3) is 0.438. The molecule has 11 nitrogen and oxygen atoms in total. The van der Waals surface area contributed by atoms with Gasteiger partial charge in [0.25, 0.3) is 5.91 Å². The van der Waals surface area contributed by atoms with Crippen LogP contribution in [0.4, 0.5) is 4.39 Å². The van der Waals surface area contributed by atoms with Gasteiger partial charge >= 0.3 is 0 Å². The first-order valence-electron chi connectivity index (χ1n) is 14.4. The van der Waals surface area contributed by atoms with E-state index in [0.29, 0.717) is 34.6 Å². The van der Waals surface area contributed by atoms with Crippen molar-refractivity contribution in [3.05, 3.63) is 58.0 Å². The first-order valence-corrected chi connectivity index (χ1v) is 14.4. The summed E-state index contributed by atoms with van der Waals surface area (Å²) in [6.45, 7) is 1.19. The Labute approximate surface area is 253 Å². The van der Waals surface area contributed by atoms with Crippen LogP contribution in [0.2, 0.25) is 0 Å². The van der Waals surface area contributed by atoms with E-state index >= 15 is 0 Å². The number of hydrogen-bond acceptors (Lipinski definition) is 10. The van der Waals surface area contributed by atoms with Crippen molar-refractivity contribution in [2.75, 3.05) is 27.9 Å². The SMILES string of the molecule is COc1ccc(-c2cc(CCC(C)CF)c(O)c3c2C[C@H]2C[C@H]4[C@H](N(C)C)C(=O)C(C(N)=O)=C(O)[C@@]4(O)C(=O)C2=C3O)cn1. The molecule has 1 amide bonds. The number of aryl methyl sites for hydroxylation is 1. The zero-order chi connectivity index (χ0) is 32.2. The predicted molar refractivity (Wildman–Crippen MR) is 157 cm³/mol. The molecule has 1 unspecified atom stereocenters. The average molecular weight is 610 g/mol. The number of alkyl halides is 1. The number of amides is 1. The number of Topliss-reactive ketones (excluding diaryl/α,β-unsaturated/α-hetero) is 2. The second-order valence-corrected chi connectivity index (χ2v) is 12.1. The third kappa shape index (κ3) is 4.63. The number of ether oxygens (including phenoxy) is 1. The van der Waals surface area contributed by atoms with Crippen molar-refractivity contribution in [3.63, 3.8) is 0 Å². The highest BCUT2D eigenvalue weighted by molar-refractivity contribution is 6.24. The summed E-state index contributed by atoms with van der Waals surface area (Å²) in [6, 6.07) is 4.02. The van der Waals surface area contributed by atoms with Gasteiger partial charge in [-0.05, 0) is 80.4 Å². The maximum Gasteiger partial charge on any atom is 0.255 e. The number of aromatic hydroxyl groups is 1. The molecule has 3 aliphatic carbocycles. The quantitative estimate of drug-likeness (QED) is 0.279. The number of aliphatic hydroxyl groups excluding tert-OH is 2. The molecule has 0 saturated heterocycles. The molecule has 0 spiro atoms. The molecule has 1 aromatic heterocycles. The minimum Gasteiger partial charge on any atom is -0.508 e. The lowest BCUT2D eigenvalue weighted by Gasteiger charge is -2.50. The van der Waals surface area contributed by atoms with Gasteiger partial charge in [0.1, 0.15) is 22.8 Å². The van der Waals surface area contributed by atoms with E-state index in [0.717, 1.165) is 0 Å². The molecule has 3 aliphatic rings. The van der Waals surface area contributed by atoms with Gasteiger partial charge in [0.2, 0.25) is 11.7 Å². The number of ketones is 2. The smallest absolute Gasteiger partial charge is 0.255 e. The molecule has 5 rings (SSSR count). The highest BCUT2D eigenvalue weighted by atomic mass is 19.1. The van der Waals surface area contributed by atoms with E-state index in [2.05, 4.69) is 4.98 Å². The van der Waals surface area contributed by atoms with Crippen molar-refractivity contribution in [1.82, 2.24) is 9.88 Å². The first-order chi connectivity index (χ1) is 20.8. The molecule has 44 heavy (non-hydrogen) atoms. The van der Waals surface area contributed by atoms with Crippen LogP contribution in [-0.4, -0.2) is 87.3 Å². The second-order valence-electron chi connectivity index (χ2n) is 12.1. The summed E-state index contributed by atoms with van der Waals surface area (Å²) in [6.07, 6.45) is 2.35. The second kappa shape index (κ2) is 11.3. The summed E-state index contributed by atoms with van der Waals surface area (Å²) in [5.41, 5.74) is 3.74. The van der Waals surface area contributed by atoms with Crippen LogP contribution in [0.3, 0.4) is 0 Å². The van der Waals surface area contributed by atoms with Crippen LogP contribution in [0.15, 0.2) is 41.3 Å². The van der Waals surface area contributed by atoms with E-state index in [1.54, 1.807) is 45.4 Å². The number of carbonyl (C=O) groups excluding carboxylic acids is 3. The van der Waals surface area contributed by atoms with Crippen LogP contribution in [-0.2, 0) is 27.2 Å². The van der Waals surface area contributed by atoms with Crippen LogP contribution in [0.1, 0.15) is 36.5 Å². The highest BCUT2D eigenvalue weighted by Crippen LogP contribution is 2.54. The third-order valence-corrected chi connectivity index (χ3v) is 9.23. The summed E-state index contributed by atoms with van der Waals surface area (Å²) in [4.78, 5) is 45.5. The third-order valence-electron chi connectivity index (χ3n) is 9.23. The van der Waals surface area contributed by atoms with E-state index in [1.807, 2.05) is 0 Å². The van der Waals surface area contributed by atoms with Gasteiger partial charge < -0.3 is 30.9 Å². The average Bonchev–Trinajstić information content (AvgIpc) is 2.98. The molecule has 12 heteroatoms. The van der Waals surface area contributed by atoms with Gasteiger partial charge in [-0.3, -0.25) is 23.7 Å². The van der Waals surface area contributed by atoms with E-state index < -0.39 is 64.7 Å². The fourth-order valence-electron chi connectivity index (χ4n) is 6.95. The Morgan fingerprint density at radius 1 is 1.25 bits per heavy atom. The molecule has 1 aromatic carbocycles. The Morgan fingerprint density at radius 2 is 1.95 bits per heavy atom. The van der Waals surface area contributed by atoms with Gasteiger partial charge in [-0.25, -0.2) is 4.98 Å². The fourth-order valence-corrected chi connectivity index (χ4v) is 6.95. The lowest BCUT2D eigenvalue weighted by molar-refractivity contribution is -0.153. The normalized spacial score (nSPS) is 25.5. The highest BCUT2D eigenvalue weighted by Gasteiger charge is 2.64. The lowest BCUT2D eigenvalue weighted by atomic mass is 9.57. The summed E-state index contributed by atoms with van der Waals surface area (Å²) in [5, 5.41) is 46.1. The summed E-state index contributed by atoms with van der Waals surface area (Å²) in [5.74, 6) is -7.01. The molecule has 0 bridgehead atoms. The van der Waals surface area contributed by atoms with Gasteiger partial charge in [-0.2, -0.15) is 0 Å². The Bertz CT molecular complexity index is 1620. The summed E-state index contributed by atoms with van der Waals surface area (Å²) < 4.78 is 18.5. The van der Waals surface area contributed by atoms with Crippen LogP contribution in [0.5, 0.6) is 11.6 Å². The monoisotopic (exact) mass is 609 g/mol. The van der Waals surface area contributed by atoms with Crippen molar-refractivity contribution in [3.8, 4) is 22.8 Å². The molecule has 1 heterocycles. The molecular weight excluding hydrogens is 573 g/mol. The maximum atomic E-state index is 14.2. The van der Waals surface area contributed by atoms with Crippen molar-refractivity contribution >= 4 is 23.2 Å². The standard InChI is InChI=1S/C32H36FN3O8/c1-14(12-33)5-6-15-9-18(16-7-8-21(44-4)35-13-16)19-10-17-11-20-25(36(2)3)28(39)24(31(34)42)30(41)32(20,43)29(40)22(17)27(38)23(19)26(15)37/h7-9,13-14,17,20,25,37-38,41,43H,5-6,10-12H2,1-4H3,(H2,34,42)/t14?,17-,20-,25-,32-/m0/s1. The molecular formula is C32H36FN3O8. The molecule has 1 fully saturated rings. The Balaban J connectivity index is 1.74. The van der Waals surface area contributed by atoms with Crippen LogP contribution in [0.25, 0.3) is 16.9 Å². The van der Waals surface area contributed by atoms with Gasteiger partial charge in [-0.1, -0.05) is 6.92 Å². The number of aromatic nitrogens is 1. The number of fused-ring (bicyclic) bond motifs is 3. The zero-order valence-electron chi connectivity index (χ0n) is 24.9. The van der Waals surface area contributed by atoms with Crippen LogP contribution < -0.4 is 10.5 Å². The Hall–Kier alpha value is -4.29. The number of pyridine rings is 1. The number of rotatable bonds is 8. The molecule has 234 valence electrons. The number of carbonyl (C=O) groups is 3.